The third-order valence-corrected chi connectivity index (χ3v) is 3.76. The van der Waals surface area contributed by atoms with E-state index in [-0.39, 0.29) is 5.91 Å². The standard InChI is InChI=1S/C15H20N2OS/c1-3-17(14-8-6-7-13(2)11-14)15(18)12-19-10-5-4-9-16/h6-8,11H,3-5,10,12H2,1-2H3. The van der Waals surface area contributed by atoms with Gasteiger partial charge in [-0.15, -0.1) is 0 Å². The molecule has 0 atom stereocenters. The van der Waals surface area contributed by atoms with Crippen molar-refractivity contribution in [2.75, 3.05) is 23.0 Å². The maximum absolute atomic E-state index is 12.2. The molecule has 0 aliphatic carbocycles. The number of hydrogen-bond donors (Lipinski definition) is 0. The van der Waals surface area contributed by atoms with Crippen LogP contribution in [0, 0.1) is 18.3 Å². The molecule has 0 saturated heterocycles. The summed E-state index contributed by atoms with van der Waals surface area (Å²) in [5.74, 6) is 1.48. The van der Waals surface area contributed by atoms with Crippen LogP contribution in [0.2, 0.25) is 0 Å². The van der Waals surface area contributed by atoms with E-state index < -0.39 is 0 Å². The summed E-state index contributed by atoms with van der Waals surface area (Å²) in [5, 5.41) is 8.44. The molecule has 0 aliphatic rings. The second-order valence-electron chi connectivity index (χ2n) is 4.29. The van der Waals surface area contributed by atoms with Crippen LogP contribution >= 0.6 is 11.8 Å². The fourth-order valence-electron chi connectivity index (χ4n) is 1.79. The third kappa shape index (κ3) is 5.35. The molecule has 0 N–H and O–H groups in total. The van der Waals surface area contributed by atoms with E-state index in [0.717, 1.165) is 23.4 Å². The number of amides is 1. The Hall–Kier alpha value is -1.47. The molecule has 0 unspecified atom stereocenters. The average molecular weight is 276 g/mol. The zero-order valence-corrected chi connectivity index (χ0v) is 12.4. The molecule has 102 valence electrons. The Morgan fingerprint density at radius 2 is 2.26 bits per heavy atom. The van der Waals surface area contributed by atoms with Gasteiger partial charge in [-0.05, 0) is 43.7 Å². The predicted octanol–water partition coefficient (Wildman–Crippen LogP) is 3.38. The largest absolute Gasteiger partial charge is 0.312 e. The first kappa shape index (κ1) is 15.6. The highest BCUT2D eigenvalue weighted by Crippen LogP contribution is 2.17. The lowest BCUT2D eigenvalue weighted by Gasteiger charge is -2.21. The van der Waals surface area contributed by atoms with Gasteiger partial charge in [0.05, 0.1) is 11.8 Å². The molecule has 19 heavy (non-hydrogen) atoms. The van der Waals surface area contributed by atoms with E-state index in [1.165, 1.54) is 0 Å². The van der Waals surface area contributed by atoms with Gasteiger partial charge in [-0.25, -0.2) is 0 Å². The molecule has 0 aliphatic heterocycles. The van der Waals surface area contributed by atoms with E-state index in [0.29, 0.717) is 18.7 Å². The van der Waals surface area contributed by atoms with Gasteiger partial charge >= 0.3 is 0 Å². The molecule has 0 bridgehead atoms. The first-order valence-electron chi connectivity index (χ1n) is 6.50. The monoisotopic (exact) mass is 276 g/mol. The number of hydrogen-bond acceptors (Lipinski definition) is 3. The molecule has 0 spiro atoms. The Morgan fingerprint density at radius 3 is 2.89 bits per heavy atom. The van der Waals surface area contributed by atoms with Crippen LogP contribution in [0.5, 0.6) is 0 Å². The lowest BCUT2D eigenvalue weighted by molar-refractivity contribution is -0.116. The zero-order valence-electron chi connectivity index (χ0n) is 11.6. The summed E-state index contributed by atoms with van der Waals surface area (Å²) in [6.45, 7) is 4.69. The summed E-state index contributed by atoms with van der Waals surface area (Å²) in [6, 6.07) is 10.1. The van der Waals surface area contributed by atoms with Crippen LogP contribution in [0.1, 0.15) is 25.3 Å². The third-order valence-electron chi connectivity index (χ3n) is 2.73. The molecule has 1 aromatic rings. The Bertz CT molecular complexity index is 454. The van der Waals surface area contributed by atoms with Gasteiger partial charge in [0, 0.05) is 18.7 Å². The summed E-state index contributed by atoms with van der Waals surface area (Å²) in [4.78, 5) is 14.0. The van der Waals surface area contributed by atoms with Crippen LogP contribution in [0.25, 0.3) is 0 Å². The summed E-state index contributed by atoms with van der Waals surface area (Å²) in [6.07, 6.45) is 1.42. The van der Waals surface area contributed by atoms with Crippen molar-refractivity contribution in [3.8, 4) is 6.07 Å². The molecule has 0 saturated carbocycles. The Labute approximate surface area is 119 Å². The van der Waals surface area contributed by atoms with E-state index in [1.54, 1.807) is 11.8 Å². The van der Waals surface area contributed by atoms with Gasteiger partial charge < -0.3 is 4.90 Å². The molecule has 0 fully saturated rings. The van der Waals surface area contributed by atoms with E-state index in [9.17, 15) is 4.79 Å². The smallest absolute Gasteiger partial charge is 0.236 e. The number of carbonyl (C=O) groups is 1. The Morgan fingerprint density at radius 1 is 1.47 bits per heavy atom. The summed E-state index contributed by atoms with van der Waals surface area (Å²) < 4.78 is 0. The highest BCUT2D eigenvalue weighted by atomic mass is 32.2. The van der Waals surface area contributed by atoms with Crippen LogP contribution in [-0.2, 0) is 4.79 Å². The number of nitrogens with zero attached hydrogens (tertiary/aromatic N) is 2. The minimum Gasteiger partial charge on any atom is -0.312 e. The van der Waals surface area contributed by atoms with E-state index in [2.05, 4.69) is 6.07 Å². The van der Waals surface area contributed by atoms with E-state index in [4.69, 9.17) is 5.26 Å². The molecule has 1 amide bonds. The van der Waals surface area contributed by atoms with Crippen molar-refractivity contribution in [1.82, 2.24) is 0 Å². The SMILES string of the molecule is CCN(C(=O)CSCCCC#N)c1cccc(C)c1. The number of carbonyl (C=O) groups excluding carboxylic acids is 1. The quantitative estimate of drug-likeness (QED) is 0.717. The van der Waals surface area contributed by atoms with Gasteiger partial charge in [-0.3, -0.25) is 4.79 Å². The zero-order chi connectivity index (χ0) is 14.1. The maximum Gasteiger partial charge on any atom is 0.236 e. The number of rotatable bonds is 7. The van der Waals surface area contributed by atoms with Gasteiger partial charge in [0.2, 0.25) is 5.91 Å². The fourth-order valence-corrected chi connectivity index (χ4v) is 2.61. The van der Waals surface area contributed by atoms with Crippen LogP contribution in [0.3, 0.4) is 0 Å². The predicted molar refractivity (Wildman–Crippen MR) is 81.4 cm³/mol. The topological polar surface area (TPSA) is 44.1 Å². The van der Waals surface area contributed by atoms with Crippen LogP contribution in [-0.4, -0.2) is 24.0 Å². The molecular weight excluding hydrogens is 256 g/mol. The van der Waals surface area contributed by atoms with E-state index in [1.807, 2.05) is 43.0 Å². The molecular formula is C15H20N2OS. The summed E-state index contributed by atoms with van der Waals surface area (Å²) in [5.41, 5.74) is 2.12. The van der Waals surface area contributed by atoms with Gasteiger partial charge in [0.1, 0.15) is 0 Å². The van der Waals surface area contributed by atoms with Gasteiger partial charge in [0.25, 0.3) is 0 Å². The summed E-state index contributed by atoms with van der Waals surface area (Å²) >= 11 is 1.60. The van der Waals surface area contributed by atoms with Gasteiger partial charge in [-0.2, -0.15) is 17.0 Å². The van der Waals surface area contributed by atoms with Crippen LogP contribution < -0.4 is 4.90 Å². The van der Waals surface area contributed by atoms with Crippen molar-refractivity contribution in [1.29, 1.82) is 5.26 Å². The average Bonchev–Trinajstić information content (AvgIpc) is 2.39. The highest BCUT2D eigenvalue weighted by molar-refractivity contribution is 7.99. The number of thioether (sulfide) groups is 1. The van der Waals surface area contributed by atoms with Crippen LogP contribution in [0.4, 0.5) is 5.69 Å². The van der Waals surface area contributed by atoms with Crippen molar-refractivity contribution >= 4 is 23.4 Å². The Balaban J connectivity index is 2.51. The molecule has 1 aromatic carbocycles. The normalized spacial score (nSPS) is 9.95. The maximum atomic E-state index is 12.2. The highest BCUT2D eigenvalue weighted by Gasteiger charge is 2.13. The lowest BCUT2D eigenvalue weighted by Crippen LogP contribution is -2.32. The van der Waals surface area contributed by atoms with Crippen molar-refractivity contribution < 1.29 is 4.79 Å². The van der Waals surface area contributed by atoms with E-state index >= 15 is 0 Å². The Kier molecular flexibility index (Phi) is 7.06. The first-order valence-corrected chi connectivity index (χ1v) is 7.66. The van der Waals surface area contributed by atoms with Crippen molar-refractivity contribution in [2.45, 2.75) is 26.7 Å². The van der Waals surface area contributed by atoms with Crippen molar-refractivity contribution in [3.05, 3.63) is 29.8 Å². The summed E-state index contributed by atoms with van der Waals surface area (Å²) in [7, 11) is 0. The minimum atomic E-state index is 0.134. The molecule has 4 heteroatoms. The molecule has 0 radical (unpaired) electrons. The lowest BCUT2D eigenvalue weighted by atomic mass is 10.2. The van der Waals surface area contributed by atoms with Crippen molar-refractivity contribution in [2.24, 2.45) is 0 Å². The fraction of sp³-hybridized carbons (Fsp3) is 0.467. The number of benzene rings is 1. The second kappa shape index (κ2) is 8.60. The number of anilines is 1. The van der Waals surface area contributed by atoms with Crippen molar-refractivity contribution in [3.63, 3.8) is 0 Å². The number of aryl methyl sites for hydroxylation is 1. The molecule has 0 heterocycles. The first-order chi connectivity index (χ1) is 9.19. The number of unbranched alkanes of at least 4 members (excludes halogenated alkanes) is 1. The van der Waals surface area contributed by atoms with Crippen LogP contribution in [0.15, 0.2) is 24.3 Å². The van der Waals surface area contributed by atoms with Gasteiger partial charge in [-0.1, -0.05) is 12.1 Å². The number of nitriles is 1. The molecule has 1 rings (SSSR count). The second-order valence-corrected chi connectivity index (χ2v) is 5.40. The molecule has 3 nitrogen and oxygen atoms in total. The minimum absolute atomic E-state index is 0.134. The van der Waals surface area contributed by atoms with Gasteiger partial charge in [0.15, 0.2) is 0 Å². The molecule has 0 aromatic heterocycles.